The van der Waals surface area contributed by atoms with E-state index in [1.165, 1.54) is 0 Å². The van der Waals surface area contributed by atoms with Gasteiger partial charge in [-0.2, -0.15) is 11.8 Å². The van der Waals surface area contributed by atoms with Crippen LogP contribution in [0.5, 0.6) is 0 Å². The standard InChI is InChI=1S/C11H16N2OS/c1-3-15-7-11(14)13-9-5-4-8(2)10(12)6-9/h4-6H,3,7,12H2,1-2H3,(H,13,14). The maximum Gasteiger partial charge on any atom is 0.234 e. The summed E-state index contributed by atoms with van der Waals surface area (Å²) in [6, 6.07) is 5.54. The van der Waals surface area contributed by atoms with Gasteiger partial charge in [-0.1, -0.05) is 13.0 Å². The van der Waals surface area contributed by atoms with Crippen molar-refractivity contribution in [3.05, 3.63) is 23.8 Å². The van der Waals surface area contributed by atoms with Crippen LogP contribution in [0.4, 0.5) is 11.4 Å². The number of amides is 1. The first-order chi connectivity index (χ1) is 7.13. The van der Waals surface area contributed by atoms with Crippen molar-refractivity contribution < 1.29 is 4.79 Å². The molecule has 3 N–H and O–H groups in total. The van der Waals surface area contributed by atoms with Gasteiger partial charge in [0.2, 0.25) is 5.91 Å². The molecule has 0 aliphatic heterocycles. The fourth-order valence-corrected chi connectivity index (χ4v) is 1.57. The fourth-order valence-electron chi connectivity index (χ4n) is 1.11. The van der Waals surface area contributed by atoms with Crippen LogP contribution in [-0.4, -0.2) is 17.4 Å². The summed E-state index contributed by atoms with van der Waals surface area (Å²) in [6.07, 6.45) is 0. The molecule has 0 spiro atoms. The van der Waals surface area contributed by atoms with Crippen molar-refractivity contribution in [2.75, 3.05) is 22.6 Å². The molecule has 0 atom stereocenters. The molecule has 1 amide bonds. The van der Waals surface area contributed by atoms with Gasteiger partial charge in [0.05, 0.1) is 5.75 Å². The number of nitrogens with one attached hydrogen (secondary N) is 1. The molecular weight excluding hydrogens is 208 g/mol. The lowest BCUT2D eigenvalue weighted by Crippen LogP contribution is -2.14. The summed E-state index contributed by atoms with van der Waals surface area (Å²) in [7, 11) is 0. The van der Waals surface area contributed by atoms with E-state index in [-0.39, 0.29) is 5.91 Å². The van der Waals surface area contributed by atoms with E-state index < -0.39 is 0 Å². The number of benzene rings is 1. The molecule has 1 rings (SSSR count). The molecule has 0 heterocycles. The molecule has 15 heavy (non-hydrogen) atoms. The van der Waals surface area contributed by atoms with Crippen molar-refractivity contribution in [2.24, 2.45) is 0 Å². The highest BCUT2D eigenvalue weighted by molar-refractivity contribution is 7.99. The van der Waals surface area contributed by atoms with Crippen LogP contribution in [0.25, 0.3) is 0 Å². The van der Waals surface area contributed by atoms with Crippen molar-refractivity contribution in [3.8, 4) is 0 Å². The van der Waals surface area contributed by atoms with Gasteiger partial charge in [0.15, 0.2) is 0 Å². The first-order valence-corrected chi connectivity index (χ1v) is 6.02. The van der Waals surface area contributed by atoms with Crippen molar-refractivity contribution >= 4 is 29.0 Å². The molecule has 0 aliphatic rings. The van der Waals surface area contributed by atoms with Crippen LogP contribution in [-0.2, 0) is 4.79 Å². The van der Waals surface area contributed by atoms with Crippen molar-refractivity contribution in [1.29, 1.82) is 0 Å². The van der Waals surface area contributed by atoms with E-state index in [1.807, 2.05) is 26.0 Å². The highest BCUT2D eigenvalue weighted by atomic mass is 32.2. The van der Waals surface area contributed by atoms with Gasteiger partial charge in [-0.05, 0) is 30.4 Å². The average molecular weight is 224 g/mol. The van der Waals surface area contributed by atoms with Gasteiger partial charge >= 0.3 is 0 Å². The van der Waals surface area contributed by atoms with E-state index in [9.17, 15) is 4.79 Å². The average Bonchev–Trinajstić information content (AvgIpc) is 2.20. The number of rotatable bonds is 4. The van der Waals surface area contributed by atoms with E-state index >= 15 is 0 Å². The van der Waals surface area contributed by atoms with Gasteiger partial charge in [0, 0.05) is 11.4 Å². The minimum atomic E-state index is 0.0186. The number of nitrogens with two attached hydrogens (primary N) is 1. The molecule has 0 aromatic heterocycles. The Bertz CT molecular complexity index is 352. The van der Waals surface area contributed by atoms with E-state index in [1.54, 1.807) is 17.8 Å². The second-order valence-electron chi connectivity index (χ2n) is 3.26. The molecule has 0 saturated carbocycles. The molecule has 3 nitrogen and oxygen atoms in total. The van der Waals surface area contributed by atoms with Crippen LogP contribution < -0.4 is 11.1 Å². The van der Waals surface area contributed by atoms with Gasteiger partial charge in [-0.25, -0.2) is 0 Å². The number of thioether (sulfide) groups is 1. The minimum Gasteiger partial charge on any atom is -0.398 e. The van der Waals surface area contributed by atoms with Crippen molar-refractivity contribution in [3.63, 3.8) is 0 Å². The molecule has 0 bridgehead atoms. The highest BCUT2D eigenvalue weighted by Crippen LogP contribution is 2.17. The summed E-state index contributed by atoms with van der Waals surface area (Å²) < 4.78 is 0. The molecular formula is C11H16N2OS. The smallest absolute Gasteiger partial charge is 0.234 e. The number of carbonyl (C=O) groups is 1. The zero-order valence-corrected chi connectivity index (χ0v) is 9.86. The van der Waals surface area contributed by atoms with Gasteiger partial charge in [0.1, 0.15) is 0 Å². The summed E-state index contributed by atoms with van der Waals surface area (Å²) in [6.45, 7) is 3.97. The Labute approximate surface area is 94.4 Å². The van der Waals surface area contributed by atoms with Crippen molar-refractivity contribution in [2.45, 2.75) is 13.8 Å². The Kier molecular flexibility index (Phi) is 4.49. The van der Waals surface area contributed by atoms with E-state index in [2.05, 4.69) is 5.32 Å². The Morgan fingerprint density at radius 3 is 2.87 bits per heavy atom. The third-order valence-electron chi connectivity index (χ3n) is 2.00. The van der Waals surface area contributed by atoms with Crippen LogP contribution in [0.1, 0.15) is 12.5 Å². The SMILES string of the molecule is CCSCC(=O)Nc1ccc(C)c(N)c1. The number of hydrogen-bond acceptors (Lipinski definition) is 3. The van der Waals surface area contributed by atoms with Gasteiger partial charge in [-0.15, -0.1) is 0 Å². The Morgan fingerprint density at radius 2 is 2.27 bits per heavy atom. The van der Waals surface area contributed by atoms with Crippen LogP contribution in [0.3, 0.4) is 0 Å². The predicted octanol–water partition coefficient (Wildman–Crippen LogP) is 2.27. The zero-order chi connectivity index (χ0) is 11.3. The molecule has 1 aromatic carbocycles. The molecule has 82 valence electrons. The normalized spacial score (nSPS) is 10.0. The second kappa shape index (κ2) is 5.66. The third kappa shape index (κ3) is 3.83. The summed E-state index contributed by atoms with van der Waals surface area (Å²) in [5, 5.41) is 2.80. The van der Waals surface area contributed by atoms with E-state index in [0.29, 0.717) is 11.4 Å². The maximum absolute atomic E-state index is 11.4. The zero-order valence-electron chi connectivity index (χ0n) is 9.04. The predicted molar refractivity (Wildman–Crippen MR) is 67.2 cm³/mol. The Morgan fingerprint density at radius 1 is 1.53 bits per heavy atom. The van der Waals surface area contributed by atoms with E-state index in [4.69, 9.17) is 5.73 Å². The summed E-state index contributed by atoms with van der Waals surface area (Å²) in [5.41, 5.74) is 8.23. The molecule has 4 heteroatoms. The van der Waals surface area contributed by atoms with Crippen LogP contribution >= 0.6 is 11.8 Å². The minimum absolute atomic E-state index is 0.0186. The van der Waals surface area contributed by atoms with Crippen LogP contribution in [0, 0.1) is 6.92 Å². The molecule has 0 unspecified atom stereocenters. The second-order valence-corrected chi connectivity index (χ2v) is 4.53. The lowest BCUT2D eigenvalue weighted by atomic mass is 10.2. The monoisotopic (exact) mass is 224 g/mol. The van der Waals surface area contributed by atoms with Gasteiger partial charge in [-0.3, -0.25) is 4.79 Å². The molecule has 0 fully saturated rings. The summed E-state index contributed by atoms with van der Waals surface area (Å²) in [4.78, 5) is 11.4. The van der Waals surface area contributed by atoms with Gasteiger partial charge in [0.25, 0.3) is 0 Å². The number of nitrogen functional groups attached to an aromatic ring is 1. The fraction of sp³-hybridized carbons (Fsp3) is 0.364. The lowest BCUT2D eigenvalue weighted by Gasteiger charge is -2.06. The van der Waals surface area contributed by atoms with Gasteiger partial charge < -0.3 is 11.1 Å². The molecule has 0 radical (unpaired) electrons. The maximum atomic E-state index is 11.4. The molecule has 0 aliphatic carbocycles. The first-order valence-electron chi connectivity index (χ1n) is 4.87. The van der Waals surface area contributed by atoms with Crippen LogP contribution in [0.2, 0.25) is 0 Å². The summed E-state index contributed by atoms with van der Waals surface area (Å²) >= 11 is 1.60. The molecule has 1 aromatic rings. The van der Waals surface area contributed by atoms with Crippen molar-refractivity contribution in [1.82, 2.24) is 0 Å². The highest BCUT2D eigenvalue weighted by Gasteiger charge is 2.02. The summed E-state index contributed by atoms with van der Waals surface area (Å²) in [5.74, 6) is 1.46. The molecule has 0 saturated heterocycles. The van der Waals surface area contributed by atoms with E-state index in [0.717, 1.165) is 17.0 Å². The van der Waals surface area contributed by atoms with Crippen LogP contribution in [0.15, 0.2) is 18.2 Å². The Hall–Kier alpha value is -1.16. The Balaban J connectivity index is 2.57. The number of carbonyl (C=O) groups excluding carboxylic acids is 1. The lowest BCUT2D eigenvalue weighted by molar-refractivity contribution is -0.113. The number of hydrogen-bond donors (Lipinski definition) is 2. The quantitative estimate of drug-likeness (QED) is 0.771. The topological polar surface area (TPSA) is 55.1 Å². The first kappa shape index (κ1) is 11.9. The third-order valence-corrected chi connectivity index (χ3v) is 2.87. The number of aryl methyl sites for hydroxylation is 1. The number of anilines is 2. The largest absolute Gasteiger partial charge is 0.398 e.